The van der Waals surface area contributed by atoms with Gasteiger partial charge in [-0.25, -0.2) is 4.79 Å². The number of carbonyl (C=O) groups excluding carboxylic acids is 1. The Hall–Kier alpha value is -2.17. The van der Waals surface area contributed by atoms with Crippen molar-refractivity contribution in [1.29, 1.82) is 0 Å². The second-order valence-electron chi connectivity index (χ2n) is 3.13. The predicted molar refractivity (Wildman–Crippen MR) is 56.8 cm³/mol. The van der Waals surface area contributed by atoms with Crippen LogP contribution in [0.1, 0.15) is 6.92 Å². The lowest BCUT2D eigenvalue weighted by molar-refractivity contribution is -0.141. The van der Waals surface area contributed by atoms with Crippen LogP contribution < -0.4 is 15.2 Å². The molecule has 84 valence electrons. The summed E-state index contributed by atoms with van der Waals surface area (Å²) in [6, 6.07) is 4.92. The summed E-state index contributed by atoms with van der Waals surface area (Å²) < 4.78 is 15.3. The van der Waals surface area contributed by atoms with Crippen LogP contribution in [0.15, 0.2) is 30.2 Å². The van der Waals surface area contributed by atoms with Crippen LogP contribution in [0.3, 0.4) is 0 Å². The normalized spacial score (nSPS) is 12.9. The zero-order valence-corrected chi connectivity index (χ0v) is 8.73. The smallest absolute Gasteiger partial charge is 0.377 e. The monoisotopic (exact) mass is 221 g/mol. The van der Waals surface area contributed by atoms with E-state index in [-0.39, 0.29) is 12.4 Å². The summed E-state index contributed by atoms with van der Waals surface area (Å²) in [6.07, 6.45) is 1.21. The average molecular weight is 221 g/mol. The van der Waals surface area contributed by atoms with Crippen molar-refractivity contribution in [3.63, 3.8) is 0 Å². The molecule has 1 heterocycles. The number of hydrogen-bond acceptors (Lipinski definition) is 5. The molecule has 1 aliphatic heterocycles. The molecule has 0 saturated carbocycles. The minimum atomic E-state index is -0.551. The first-order valence-electron chi connectivity index (χ1n) is 4.82. The van der Waals surface area contributed by atoms with E-state index < -0.39 is 5.97 Å². The van der Waals surface area contributed by atoms with Crippen molar-refractivity contribution in [2.75, 3.05) is 12.3 Å². The Morgan fingerprint density at radius 3 is 3.00 bits per heavy atom. The Kier molecular flexibility index (Phi) is 2.68. The van der Waals surface area contributed by atoms with Gasteiger partial charge in [-0.05, 0) is 19.1 Å². The van der Waals surface area contributed by atoms with E-state index in [4.69, 9.17) is 19.9 Å². The van der Waals surface area contributed by atoms with Crippen LogP contribution >= 0.6 is 0 Å². The lowest BCUT2D eigenvalue weighted by Gasteiger charge is -2.17. The molecule has 0 fully saturated rings. The molecule has 2 N–H and O–H groups in total. The zero-order chi connectivity index (χ0) is 11.5. The fourth-order valence-corrected chi connectivity index (χ4v) is 1.25. The molecule has 0 spiro atoms. The van der Waals surface area contributed by atoms with Crippen LogP contribution in [0.4, 0.5) is 5.69 Å². The number of fused-ring (bicyclic) bond motifs is 1. The predicted octanol–water partition coefficient (Wildman–Crippen LogP) is 1.44. The summed E-state index contributed by atoms with van der Waals surface area (Å²) in [5.41, 5.74) is 6.14. The molecule has 0 atom stereocenters. The van der Waals surface area contributed by atoms with E-state index in [9.17, 15) is 4.79 Å². The van der Waals surface area contributed by atoms with Gasteiger partial charge in [0.05, 0.1) is 6.61 Å². The van der Waals surface area contributed by atoms with E-state index in [0.717, 1.165) is 0 Å². The maximum Gasteiger partial charge on any atom is 0.377 e. The standard InChI is InChI=1S/C11H11NO4/c1-2-14-11(13)10-6-15-9-5-7(12)3-4-8(9)16-10/h3-6H,2,12H2,1H3. The zero-order valence-electron chi connectivity index (χ0n) is 8.73. The largest absolute Gasteiger partial charge is 0.460 e. The summed E-state index contributed by atoms with van der Waals surface area (Å²) >= 11 is 0. The molecule has 1 aromatic rings. The highest BCUT2D eigenvalue weighted by Gasteiger charge is 2.21. The van der Waals surface area contributed by atoms with Crippen LogP contribution in [-0.4, -0.2) is 12.6 Å². The molecule has 5 heteroatoms. The van der Waals surface area contributed by atoms with Gasteiger partial charge in [-0.2, -0.15) is 0 Å². The van der Waals surface area contributed by atoms with E-state index in [1.807, 2.05) is 0 Å². The van der Waals surface area contributed by atoms with Crippen LogP contribution in [0.25, 0.3) is 0 Å². The fraction of sp³-hybridized carbons (Fsp3) is 0.182. The van der Waals surface area contributed by atoms with Gasteiger partial charge in [-0.1, -0.05) is 0 Å². The number of benzene rings is 1. The van der Waals surface area contributed by atoms with Crippen molar-refractivity contribution in [2.45, 2.75) is 6.92 Å². The van der Waals surface area contributed by atoms with Crippen LogP contribution in [-0.2, 0) is 9.53 Å². The van der Waals surface area contributed by atoms with Gasteiger partial charge in [0.2, 0.25) is 5.76 Å². The topological polar surface area (TPSA) is 70.8 Å². The van der Waals surface area contributed by atoms with E-state index in [0.29, 0.717) is 17.2 Å². The van der Waals surface area contributed by atoms with E-state index >= 15 is 0 Å². The first kappa shape index (κ1) is 10.4. The molecule has 0 aliphatic carbocycles. The lowest BCUT2D eigenvalue weighted by Crippen LogP contribution is -2.16. The molecule has 5 nitrogen and oxygen atoms in total. The third-order valence-electron chi connectivity index (χ3n) is 1.96. The highest BCUT2D eigenvalue weighted by molar-refractivity contribution is 5.87. The maximum atomic E-state index is 11.4. The number of rotatable bonds is 2. The maximum absolute atomic E-state index is 11.4. The first-order valence-corrected chi connectivity index (χ1v) is 4.82. The number of anilines is 1. The molecular weight excluding hydrogens is 210 g/mol. The lowest BCUT2D eigenvalue weighted by atomic mass is 10.2. The highest BCUT2D eigenvalue weighted by Crippen LogP contribution is 2.34. The molecule has 2 rings (SSSR count). The minimum absolute atomic E-state index is 0.0270. The van der Waals surface area contributed by atoms with Crippen molar-refractivity contribution in [3.8, 4) is 11.5 Å². The summed E-state index contributed by atoms with van der Waals surface area (Å²) in [6.45, 7) is 2.00. The summed E-state index contributed by atoms with van der Waals surface area (Å²) in [5, 5.41) is 0. The first-order chi connectivity index (χ1) is 7.70. The average Bonchev–Trinajstić information content (AvgIpc) is 2.28. The van der Waals surface area contributed by atoms with Gasteiger partial charge in [0, 0.05) is 11.8 Å². The van der Waals surface area contributed by atoms with Crippen molar-refractivity contribution in [3.05, 3.63) is 30.2 Å². The number of carbonyl (C=O) groups is 1. The van der Waals surface area contributed by atoms with Crippen LogP contribution in [0.2, 0.25) is 0 Å². The van der Waals surface area contributed by atoms with Crippen molar-refractivity contribution in [1.82, 2.24) is 0 Å². The molecule has 0 amide bonds. The van der Waals surface area contributed by atoms with Gasteiger partial charge in [-0.3, -0.25) is 0 Å². The number of ether oxygens (including phenoxy) is 3. The van der Waals surface area contributed by atoms with Crippen LogP contribution in [0, 0.1) is 0 Å². The Bertz CT molecular complexity index is 453. The summed E-state index contributed by atoms with van der Waals surface area (Å²) in [4.78, 5) is 11.4. The molecule has 0 bridgehead atoms. The Balaban J connectivity index is 2.18. The fourth-order valence-electron chi connectivity index (χ4n) is 1.25. The number of esters is 1. The quantitative estimate of drug-likeness (QED) is 0.604. The van der Waals surface area contributed by atoms with E-state index in [1.165, 1.54) is 6.26 Å². The van der Waals surface area contributed by atoms with E-state index in [2.05, 4.69) is 0 Å². The van der Waals surface area contributed by atoms with E-state index in [1.54, 1.807) is 25.1 Å². The van der Waals surface area contributed by atoms with Crippen molar-refractivity contribution >= 4 is 11.7 Å². The molecule has 0 unspecified atom stereocenters. The third kappa shape index (κ3) is 1.93. The number of hydrogen-bond donors (Lipinski definition) is 1. The molecule has 1 aliphatic rings. The van der Waals surface area contributed by atoms with Gasteiger partial charge >= 0.3 is 5.97 Å². The van der Waals surface area contributed by atoms with Gasteiger partial charge in [0.15, 0.2) is 11.5 Å². The Morgan fingerprint density at radius 2 is 2.25 bits per heavy atom. The van der Waals surface area contributed by atoms with Gasteiger partial charge in [0.1, 0.15) is 6.26 Å². The Labute approximate surface area is 92.4 Å². The second kappa shape index (κ2) is 4.14. The van der Waals surface area contributed by atoms with Gasteiger partial charge in [-0.15, -0.1) is 0 Å². The molecule has 0 radical (unpaired) electrons. The molecular formula is C11H11NO4. The molecule has 1 aromatic carbocycles. The van der Waals surface area contributed by atoms with Crippen molar-refractivity contribution in [2.24, 2.45) is 0 Å². The third-order valence-corrected chi connectivity index (χ3v) is 1.96. The van der Waals surface area contributed by atoms with Crippen LogP contribution in [0.5, 0.6) is 11.5 Å². The van der Waals surface area contributed by atoms with Gasteiger partial charge < -0.3 is 19.9 Å². The van der Waals surface area contributed by atoms with Gasteiger partial charge in [0.25, 0.3) is 0 Å². The second-order valence-corrected chi connectivity index (χ2v) is 3.13. The molecule has 0 saturated heterocycles. The Morgan fingerprint density at radius 1 is 1.44 bits per heavy atom. The number of nitrogens with two attached hydrogens (primary N) is 1. The molecule has 16 heavy (non-hydrogen) atoms. The highest BCUT2D eigenvalue weighted by atomic mass is 16.6. The minimum Gasteiger partial charge on any atom is -0.460 e. The number of nitrogen functional groups attached to an aromatic ring is 1. The SMILES string of the molecule is CCOC(=O)C1=COc2cc(N)ccc2O1. The molecule has 0 aromatic heterocycles. The van der Waals surface area contributed by atoms with Crippen molar-refractivity contribution < 1.29 is 19.0 Å². The summed E-state index contributed by atoms with van der Waals surface area (Å²) in [5.74, 6) is 0.400. The summed E-state index contributed by atoms with van der Waals surface area (Å²) in [7, 11) is 0.